The molecule has 1 aliphatic heterocycles. The third kappa shape index (κ3) is 3.80. The van der Waals surface area contributed by atoms with Crippen LogP contribution < -0.4 is 10.2 Å². The van der Waals surface area contributed by atoms with E-state index in [2.05, 4.69) is 29.8 Å². The molecule has 0 bridgehead atoms. The normalized spacial score (nSPS) is 14.7. The van der Waals surface area contributed by atoms with Gasteiger partial charge in [-0.3, -0.25) is 4.79 Å². The Morgan fingerprint density at radius 2 is 2.09 bits per heavy atom. The van der Waals surface area contributed by atoms with Crippen molar-refractivity contribution in [2.45, 2.75) is 19.8 Å². The maximum Gasteiger partial charge on any atom is 0.269 e. The molecular weight excluding hydrogens is 316 g/mol. The molecule has 23 heavy (non-hydrogen) atoms. The minimum Gasteiger partial charge on any atom is -0.378 e. The summed E-state index contributed by atoms with van der Waals surface area (Å²) < 4.78 is 9.16. The van der Waals surface area contributed by atoms with Crippen molar-refractivity contribution in [3.05, 3.63) is 23.0 Å². The van der Waals surface area contributed by atoms with Crippen LogP contribution in [0.25, 0.3) is 0 Å². The van der Waals surface area contributed by atoms with Crippen LogP contribution in [0.4, 0.5) is 11.6 Å². The van der Waals surface area contributed by atoms with Gasteiger partial charge in [0.2, 0.25) is 5.95 Å². The van der Waals surface area contributed by atoms with Crippen LogP contribution in [0.5, 0.6) is 0 Å². The second-order valence-electron chi connectivity index (χ2n) is 5.12. The van der Waals surface area contributed by atoms with Crippen LogP contribution >= 0.6 is 11.5 Å². The number of carbonyl (C=O) groups is 1. The second-order valence-corrected chi connectivity index (χ2v) is 5.88. The molecule has 1 N–H and O–H groups in total. The third-order valence-corrected chi connectivity index (χ3v) is 4.21. The van der Waals surface area contributed by atoms with Gasteiger partial charge >= 0.3 is 0 Å². The number of nitrogens with one attached hydrogen (secondary N) is 1. The lowest BCUT2D eigenvalue weighted by molar-refractivity contribution is 0.102. The maximum atomic E-state index is 12.3. The smallest absolute Gasteiger partial charge is 0.269 e. The molecule has 2 aromatic rings. The quantitative estimate of drug-likeness (QED) is 0.882. The van der Waals surface area contributed by atoms with Crippen LogP contribution in [-0.2, 0) is 11.2 Å². The summed E-state index contributed by atoms with van der Waals surface area (Å²) in [7, 11) is 0. The van der Waals surface area contributed by atoms with E-state index in [4.69, 9.17) is 4.74 Å². The number of aromatic nitrogens is 4. The lowest BCUT2D eigenvalue weighted by Crippen LogP contribution is -2.37. The zero-order valence-corrected chi connectivity index (χ0v) is 13.7. The first-order chi connectivity index (χ1) is 11.3. The van der Waals surface area contributed by atoms with Crippen LogP contribution in [0.15, 0.2) is 12.4 Å². The predicted molar refractivity (Wildman–Crippen MR) is 86.9 cm³/mol. The summed E-state index contributed by atoms with van der Waals surface area (Å²) >= 11 is 1.11. The van der Waals surface area contributed by atoms with E-state index in [1.165, 1.54) is 0 Å². The van der Waals surface area contributed by atoms with E-state index in [0.717, 1.165) is 43.2 Å². The second kappa shape index (κ2) is 7.42. The van der Waals surface area contributed by atoms with Crippen LogP contribution in [0.1, 0.15) is 28.7 Å². The average Bonchev–Trinajstić information content (AvgIpc) is 3.05. The van der Waals surface area contributed by atoms with Gasteiger partial charge in [-0.2, -0.15) is 0 Å². The van der Waals surface area contributed by atoms with E-state index in [1.54, 1.807) is 12.4 Å². The highest BCUT2D eigenvalue weighted by Gasteiger charge is 2.17. The first kappa shape index (κ1) is 15.8. The molecule has 0 spiro atoms. The number of morpholine rings is 1. The fourth-order valence-corrected chi connectivity index (χ4v) is 2.88. The number of aryl methyl sites for hydroxylation is 1. The molecule has 9 heteroatoms. The van der Waals surface area contributed by atoms with Gasteiger partial charge in [-0.25, -0.2) is 9.97 Å². The molecule has 0 radical (unpaired) electrons. The highest BCUT2D eigenvalue weighted by Crippen LogP contribution is 2.16. The fraction of sp³-hybridized carbons (Fsp3) is 0.500. The molecule has 0 unspecified atom stereocenters. The Labute approximate surface area is 138 Å². The van der Waals surface area contributed by atoms with Gasteiger partial charge < -0.3 is 15.0 Å². The van der Waals surface area contributed by atoms with Gasteiger partial charge in [0.05, 0.1) is 37.0 Å². The zero-order valence-electron chi connectivity index (χ0n) is 12.9. The zero-order chi connectivity index (χ0) is 16.1. The summed E-state index contributed by atoms with van der Waals surface area (Å²) in [5, 5.41) is 6.80. The molecule has 2 aromatic heterocycles. The third-order valence-electron chi connectivity index (χ3n) is 3.44. The lowest BCUT2D eigenvalue weighted by Gasteiger charge is -2.26. The summed E-state index contributed by atoms with van der Waals surface area (Å²) in [6.45, 7) is 4.96. The van der Waals surface area contributed by atoms with E-state index in [0.29, 0.717) is 29.7 Å². The fourth-order valence-electron chi connectivity index (χ4n) is 2.28. The van der Waals surface area contributed by atoms with Crippen molar-refractivity contribution in [2.75, 3.05) is 36.5 Å². The van der Waals surface area contributed by atoms with Gasteiger partial charge in [-0.1, -0.05) is 17.8 Å². The van der Waals surface area contributed by atoms with E-state index in [-0.39, 0.29) is 5.91 Å². The van der Waals surface area contributed by atoms with Crippen molar-refractivity contribution >= 4 is 29.1 Å². The summed E-state index contributed by atoms with van der Waals surface area (Å²) in [5.74, 6) is 0.434. The summed E-state index contributed by atoms with van der Waals surface area (Å²) in [5.41, 5.74) is 1.30. The number of hydrogen-bond donors (Lipinski definition) is 1. The van der Waals surface area contributed by atoms with E-state index >= 15 is 0 Å². The standard InChI is InChI=1S/C14H18N6O2S/c1-2-3-11-12(23-19-18-11)13(21)17-10-8-15-14(16-9-10)20-4-6-22-7-5-20/h8-9H,2-7H2,1H3,(H,17,21). The highest BCUT2D eigenvalue weighted by molar-refractivity contribution is 7.08. The van der Waals surface area contributed by atoms with Crippen molar-refractivity contribution < 1.29 is 9.53 Å². The number of anilines is 2. The van der Waals surface area contributed by atoms with Crippen molar-refractivity contribution in [1.29, 1.82) is 0 Å². The predicted octanol–water partition coefficient (Wildman–Crippen LogP) is 1.37. The number of nitrogens with zero attached hydrogens (tertiary/aromatic N) is 5. The van der Waals surface area contributed by atoms with Crippen molar-refractivity contribution in [3.63, 3.8) is 0 Å². The largest absolute Gasteiger partial charge is 0.378 e. The Hall–Kier alpha value is -2.13. The molecule has 1 aliphatic rings. The molecule has 1 saturated heterocycles. The molecule has 3 rings (SSSR count). The van der Waals surface area contributed by atoms with E-state index < -0.39 is 0 Å². The number of carbonyl (C=O) groups excluding carboxylic acids is 1. The molecule has 8 nitrogen and oxygen atoms in total. The van der Waals surface area contributed by atoms with E-state index in [9.17, 15) is 4.79 Å². The molecule has 0 atom stereocenters. The summed E-state index contributed by atoms with van der Waals surface area (Å²) in [4.78, 5) is 23.5. The monoisotopic (exact) mass is 334 g/mol. The molecular formula is C14H18N6O2S. The van der Waals surface area contributed by atoms with Crippen LogP contribution in [-0.4, -0.2) is 51.8 Å². The van der Waals surface area contributed by atoms with Gasteiger partial charge in [0.1, 0.15) is 4.88 Å². The first-order valence-corrected chi connectivity index (χ1v) is 8.32. The minimum absolute atomic E-state index is 0.217. The topological polar surface area (TPSA) is 93.1 Å². The van der Waals surface area contributed by atoms with Gasteiger partial charge in [-0.15, -0.1) is 5.10 Å². The molecule has 0 saturated carbocycles. The maximum absolute atomic E-state index is 12.3. The molecule has 122 valence electrons. The number of rotatable bonds is 5. The van der Waals surface area contributed by atoms with Crippen molar-refractivity contribution in [2.24, 2.45) is 0 Å². The molecule has 1 fully saturated rings. The van der Waals surface area contributed by atoms with Crippen LogP contribution in [0.3, 0.4) is 0 Å². The SMILES string of the molecule is CCCc1nnsc1C(=O)Nc1cnc(N2CCOCC2)nc1. The van der Waals surface area contributed by atoms with Crippen molar-refractivity contribution in [3.8, 4) is 0 Å². The Kier molecular flexibility index (Phi) is 5.09. The van der Waals surface area contributed by atoms with E-state index in [1.807, 2.05) is 6.92 Å². The molecule has 1 amide bonds. The van der Waals surface area contributed by atoms with Crippen LogP contribution in [0.2, 0.25) is 0 Å². The minimum atomic E-state index is -0.217. The lowest BCUT2D eigenvalue weighted by atomic mass is 10.2. The highest BCUT2D eigenvalue weighted by atomic mass is 32.1. The molecule has 0 aromatic carbocycles. The van der Waals surface area contributed by atoms with Gasteiger partial charge in [-0.05, 0) is 18.0 Å². The average molecular weight is 334 g/mol. The Balaban J connectivity index is 1.65. The summed E-state index contributed by atoms with van der Waals surface area (Å²) in [6, 6.07) is 0. The summed E-state index contributed by atoms with van der Waals surface area (Å²) in [6.07, 6.45) is 4.89. The Morgan fingerprint density at radius 1 is 1.35 bits per heavy atom. The number of hydrogen-bond acceptors (Lipinski definition) is 8. The molecule has 3 heterocycles. The van der Waals surface area contributed by atoms with Gasteiger partial charge in [0, 0.05) is 13.1 Å². The number of amides is 1. The first-order valence-electron chi connectivity index (χ1n) is 7.55. The van der Waals surface area contributed by atoms with Gasteiger partial charge in [0.15, 0.2) is 0 Å². The Morgan fingerprint density at radius 3 is 2.78 bits per heavy atom. The van der Waals surface area contributed by atoms with Crippen LogP contribution in [0, 0.1) is 0 Å². The van der Waals surface area contributed by atoms with Crippen molar-refractivity contribution in [1.82, 2.24) is 19.6 Å². The Bertz CT molecular complexity index is 654. The number of ether oxygens (including phenoxy) is 1. The van der Waals surface area contributed by atoms with Gasteiger partial charge in [0.25, 0.3) is 5.91 Å². The molecule has 0 aliphatic carbocycles.